The van der Waals surface area contributed by atoms with Gasteiger partial charge in [-0.25, -0.2) is 5.48 Å². The molecule has 0 fully saturated rings. The van der Waals surface area contributed by atoms with Crippen molar-refractivity contribution in [1.82, 2.24) is 5.48 Å². The molecule has 0 spiro atoms. The quantitative estimate of drug-likeness (QED) is 0.686. The first kappa shape index (κ1) is 14.3. The zero-order chi connectivity index (χ0) is 13.9. The lowest BCUT2D eigenvalue weighted by atomic mass is 10.1. The Hall–Kier alpha value is -1.08. The summed E-state index contributed by atoms with van der Waals surface area (Å²) in [7, 11) is 0. The maximum atomic E-state index is 11.9. The highest BCUT2D eigenvalue weighted by Gasteiger charge is 2.28. The van der Waals surface area contributed by atoms with Gasteiger partial charge in [-0.1, -0.05) is 6.42 Å². The van der Waals surface area contributed by atoms with E-state index in [1.165, 1.54) is 22.6 Å². The highest BCUT2D eigenvalue weighted by Crippen LogP contribution is 2.28. The van der Waals surface area contributed by atoms with E-state index in [0.29, 0.717) is 4.88 Å². The zero-order valence-electron chi connectivity index (χ0n) is 10.2. The minimum Gasteiger partial charge on any atom is -0.266 e. The predicted octanol–water partition coefficient (Wildman–Crippen LogP) is 3.24. The molecule has 0 radical (unpaired) electrons. The molecule has 1 aliphatic carbocycles. The standard InChI is InChI=1S/C12H14F3NO2S/c13-12(14,15)7-18-16-11(17)10-6-8-4-2-1-3-5-9(8)19-10/h6H,1-5,7H2,(H,16,17). The van der Waals surface area contributed by atoms with Crippen LogP contribution < -0.4 is 5.48 Å². The normalized spacial score (nSPS) is 15.7. The second-order valence-corrected chi connectivity index (χ2v) is 5.59. The largest absolute Gasteiger partial charge is 0.414 e. The molecule has 106 valence electrons. The molecule has 0 aromatic carbocycles. The van der Waals surface area contributed by atoms with Crippen LogP contribution in [-0.4, -0.2) is 18.7 Å². The predicted molar refractivity (Wildman–Crippen MR) is 65.1 cm³/mol. The average Bonchev–Trinajstić information content (AvgIpc) is 2.59. The summed E-state index contributed by atoms with van der Waals surface area (Å²) < 4.78 is 35.6. The van der Waals surface area contributed by atoms with Crippen molar-refractivity contribution in [3.05, 3.63) is 21.4 Å². The molecule has 0 atom stereocenters. The van der Waals surface area contributed by atoms with Crippen molar-refractivity contribution in [3.63, 3.8) is 0 Å². The van der Waals surface area contributed by atoms with Gasteiger partial charge >= 0.3 is 6.18 Å². The Bertz CT molecular complexity index is 433. The minimum absolute atomic E-state index is 0.411. The van der Waals surface area contributed by atoms with Gasteiger partial charge in [0, 0.05) is 4.88 Å². The molecule has 1 aliphatic rings. The highest BCUT2D eigenvalue weighted by molar-refractivity contribution is 7.14. The monoisotopic (exact) mass is 293 g/mol. The third-order valence-electron chi connectivity index (χ3n) is 2.87. The van der Waals surface area contributed by atoms with Crippen LogP contribution in [0.3, 0.4) is 0 Å². The summed E-state index contributed by atoms with van der Waals surface area (Å²) in [6.07, 6.45) is 0.797. The van der Waals surface area contributed by atoms with E-state index in [1.807, 2.05) is 5.48 Å². The van der Waals surface area contributed by atoms with Gasteiger partial charge in [-0.15, -0.1) is 11.3 Å². The first-order chi connectivity index (χ1) is 8.96. The van der Waals surface area contributed by atoms with Crippen LogP contribution in [-0.2, 0) is 17.7 Å². The van der Waals surface area contributed by atoms with E-state index >= 15 is 0 Å². The molecule has 0 saturated heterocycles. The molecule has 0 bridgehead atoms. The maximum absolute atomic E-state index is 11.9. The van der Waals surface area contributed by atoms with Crippen LogP contribution in [0.1, 0.15) is 39.4 Å². The fourth-order valence-electron chi connectivity index (χ4n) is 2.01. The maximum Gasteiger partial charge on any atom is 0.414 e. The molecule has 0 unspecified atom stereocenters. The molecule has 2 rings (SSSR count). The third-order valence-corrected chi connectivity index (χ3v) is 4.11. The number of fused-ring (bicyclic) bond motifs is 1. The van der Waals surface area contributed by atoms with Crippen LogP contribution in [0.2, 0.25) is 0 Å². The number of thiophene rings is 1. The fourth-order valence-corrected chi connectivity index (χ4v) is 3.15. The van der Waals surface area contributed by atoms with E-state index in [-0.39, 0.29) is 0 Å². The van der Waals surface area contributed by atoms with Crippen molar-refractivity contribution in [2.24, 2.45) is 0 Å². The lowest BCUT2D eigenvalue weighted by molar-refractivity contribution is -0.184. The van der Waals surface area contributed by atoms with Gasteiger partial charge in [-0.2, -0.15) is 13.2 Å². The molecule has 1 N–H and O–H groups in total. The molecular formula is C12H14F3NO2S. The lowest BCUT2D eigenvalue weighted by Crippen LogP contribution is -2.29. The molecule has 0 aliphatic heterocycles. The number of carbonyl (C=O) groups is 1. The van der Waals surface area contributed by atoms with Gasteiger partial charge < -0.3 is 0 Å². The smallest absolute Gasteiger partial charge is 0.266 e. The SMILES string of the molecule is O=C(NOCC(F)(F)F)c1cc2c(s1)CCCCC2. The van der Waals surface area contributed by atoms with Crippen molar-refractivity contribution >= 4 is 17.2 Å². The number of halogens is 3. The summed E-state index contributed by atoms with van der Waals surface area (Å²) in [5, 5.41) is 0. The van der Waals surface area contributed by atoms with E-state index in [2.05, 4.69) is 4.84 Å². The Morgan fingerprint density at radius 3 is 2.79 bits per heavy atom. The Labute approximate surface area is 112 Å². The number of amides is 1. The molecule has 0 saturated carbocycles. The Kier molecular flexibility index (Phi) is 4.46. The van der Waals surface area contributed by atoms with E-state index in [1.54, 1.807) is 6.07 Å². The first-order valence-corrected chi connectivity index (χ1v) is 6.88. The van der Waals surface area contributed by atoms with Gasteiger partial charge in [0.2, 0.25) is 0 Å². The summed E-state index contributed by atoms with van der Waals surface area (Å²) in [6.45, 7) is -1.48. The molecule has 3 nitrogen and oxygen atoms in total. The number of hydrogen-bond donors (Lipinski definition) is 1. The second kappa shape index (κ2) is 5.92. The molecule has 7 heteroatoms. The topological polar surface area (TPSA) is 38.3 Å². The fraction of sp³-hybridized carbons (Fsp3) is 0.583. The van der Waals surface area contributed by atoms with Crippen LogP contribution in [0.15, 0.2) is 6.07 Å². The van der Waals surface area contributed by atoms with E-state index in [4.69, 9.17) is 0 Å². The molecule has 19 heavy (non-hydrogen) atoms. The second-order valence-electron chi connectivity index (χ2n) is 4.45. The third kappa shape index (κ3) is 4.21. The van der Waals surface area contributed by atoms with Gasteiger partial charge in [0.15, 0.2) is 6.61 Å². The number of rotatable bonds is 3. The Morgan fingerprint density at radius 2 is 2.05 bits per heavy atom. The average molecular weight is 293 g/mol. The van der Waals surface area contributed by atoms with Crippen LogP contribution in [0.5, 0.6) is 0 Å². The summed E-state index contributed by atoms with van der Waals surface area (Å²) in [5.41, 5.74) is 2.97. The van der Waals surface area contributed by atoms with Crippen molar-refractivity contribution in [2.45, 2.75) is 38.3 Å². The Morgan fingerprint density at radius 1 is 1.32 bits per heavy atom. The van der Waals surface area contributed by atoms with E-state index in [9.17, 15) is 18.0 Å². The number of alkyl halides is 3. The zero-order valence-corrected chi connectivity index (χ0v) is 11.0. The summed E-state index contributed by atoms with van der Waals surface area (Å²) in [6, 6.07) is 1.76. The van der Waals surface area contributed by atoms with Crippen LogP contribution in [0.4, 0.5) is 13.2 Å². The van der Waals surface area contributed by atoms with Gasteiger partial charge in [-0.3, -0.25) is 9.63 Å². The molecule has 1 aromatic heterocycles. The highest BCUT2D eigenvalue weighted by atomic mass is 32.1. The van der Waals surface area contributed by atoms with Crippen molar-refractivity contribution in [2.75, 3.05) is 6.61 Å². The summed E-state index contributed by atoms with van der Waals surface area (Å²) >= 11 is 1.34. The van der Waals surface area contributed by atoms with Crippen molar-refractivity contribution < 1.29 is 22.8 Å². The van der Waals surface area contributed by atoms with E-state index in [0.717, 1.165) is 31.2 Å². The lowest BCUT2D eigenvalue weighted by Gasteiger charge is -2.07. The minimum atomic E-state index is -4.44. The van der Waals surface area contributed by atoms with Crippen molar-refractivity contribution in [1.29, 1.82) is 0 Å². The number of hydrogen-bond acceptors (Lipinski definition) is 3. The van der Waals surface area contributed by atoms with Crippen LogP contribution in [0.25, 0.3) is 0 Å². The van der Waals surface area contributed by atoms with Crippen molar-refractivity contribution in [3.8, 4) is 0 Å². The number of aryl methyl sites for hydroxylation is 2. The summed E-state index contributed by atoms with van der Waals surface area (Å²) in [4.78, 5) is 17.4. The van der Waals surface area contributed by atoms with Gasteiger partial charge in [0.05, 0.1) is 4.88 Å². The van der Waals surface area contributed by atoms with Crippen LogP contribution in [0, 0.1) is 0 Å². The Balaban J connectivity index is 1.93. The van der Waals surface area contributed by atoms with Gasteiger partial charge in [0.25, 0.3) is 5.91 Å². The van der Waals surface area contributed by atoms with E-state index < -0.39 is 18.7 Å². The molecule has 1 amide bonds. The number of nitrogens with one attached hydrogen (secondary N) is 1. The molecular weight excluding hydrogens is 279 g/mol. The van der Waals surface area contributed by atoms with Gasteiger partial charge in [-0.05, 0) is 37.3 Å². The van der Waals surface area contributed by atoms with Gasteiger partial charge in [0.1, 0.15) is 0 Å². The number of carbonyl (C=O) groups excluding carboxylic acids is 1. The first-order valence-electron chi connectivity index (χ1n) is 6.06. The van der Waals surface area contributed by atoms with Crippen LogP contribution >= 0.6 is 11.3 Å². The molecule has 1 heterocycles. The number of hydroxylamine groups is 1. The molecule has 1 aromatic rings. The summed E-state index contributed by atoms with van der Waals surface area (Å²) in [5.74, 6) is -0.609.